The van der Waals surface area contributed by atoms with Gasteiger partial charge in [-0.1, -0.05) is 292 Å². The molecule has 0 rings (SSSR count). The van der Waals surface area contributed by atoms with E-state index in [9.17, 15) is 19.0 Å². The van der Waals surface area contributed by atoms with Gasteiger partial charge in [0.1, 0.15) is 19.8 Å². The van der Waals surface area contributed by atoms with Crippen molar-refractivity contribution in [1.82, 2.24) is 0 Å². The first kappa shape index (κ1) is 76.2. The first-order valence-corrected chi connectivity index (χ1v) is 34.3. The summed E-state index contributed by atoms with van der Waals surface area (Å²) in [5.74, 6) is -0.786. The maximum Gasteiger partial charge on any atom is 0.472 e. The van der Waals surface area contributed by atoms with Gasteiger partial charge in [0.05, 0.1) is 27.7 Å². The van der Waals surface area contributed by atoms with E-state index in [1.165, 1.54) is 180 Å². The van der Waals surface area contributed by atoms with Crippen molar-refractivity contribution in [3.05, 3.63) is 85.1 Å². The zero-order chi connectivity index (χ0) is 57.7. The number of ether oxygens (including phenoxy) is 2. The molecule has 9 nitrogen and oxygen atoms in total. The van der Waals surface area contributed by atoms with Gasteiger partial charge in [0.2, 0.25) is 0 Å². The van der Waals surface area contributed by atoms with Crippen LogP contribution >= 0.6 is 7.82 Å². The second-order valence-electron chi connectivity index (χ2n) is 23.1. The number of carbonyl (C=O) groups excluding carboxylic acids is 2. The summed E-state index contributed by atoms with van der Waals surface area (Å²) in [4.78, 5) is 35.8. The Labute approximate surface area is 488 Å². The molecule has 0 heterocycles. The van der Waals surface area contributed by atoms with Gasteiger partial charge in [-0.15, -0.1) is 0 Å². The summed E-state index contributed by atoms with van der Waals surface area (Å²) in [6, 6.07) is 0. The van der Waals surface area contributed by atoms with E-state index >= 15 is 0 Å². The molecule has 2 unspecified atom stereocenters. The SMILES string of the molecule is CC/C=C\C/C=C\C/C=C\C/C=C\C/C=C\C/C=C\C/C=C\CCCCCCCCCCCCCCCCCC(=O)OC(COC(=O)CCCCCCCCCCCCCCCCCCCC)COP(=O)(O)OCC[N+](C)(C)C. The number of nitrogens with zero attached hydrogens (tertiary/aromatic N) is 1. The van der Waals surface area contributed by atoms with Crippen LogP contribution in [-0.2, 0) is 32.7 Å². The van der Waals surface area contributed by atoms with Crippen LogP contribution in [-0.4, -0.2) is 74.9 Å². The molecular formula is C69H125NO8P+. The number of carbonyl (C=O) groups is 2. The van der Waals surface area contributed by atoms with Gasteiger partial charge in [-0.3, -0.25) is 18.6 Å². The highest BCUT2D eigenvalue weighted by molar-refractivity contribution is 7.47. The highest BCUT2D eigenvalue weighted by Gasteiger charge is 2.27. The lowest BCUT2D eigenvalue weighted by Crippen LogP contribution is -2.37. The number of rotatable bonds is 60. The van der Waals surface area contributed by atoms with Gasteiger partial charge in [0, 0.05) is 12.8 Å². The number of allylic oxidation sites excluding steroid dienone is 14. The molecule has 0 aromatic rings. The minimum atomic E-state index is -4.39. The summed E-state index contributed by atoms with van der Waals surface area (Å²) >= 11 is 0. The third-order valence-electron chi connectivity index (χ3n) is 14.2. The third-order valence-corrected chi connectivity index (χ3v) is 15.2. The molecule has 0 aliphatic rings. The van der Waals surface area contributed by atoms with Crippen LogP contribution in [0.2, 0.25) is 0 Å². The fourth-order valence-electron chi connectivity index (χ4n) is 9.17. The number of esters is 2. The molecule has 79 heavy (non-hydrogen) atoms. The normalized spacial score (nSPS) is 13.7. The molecule has 0 spiro atoms. The standard InChI is InChI=1S/C69H124NO8P/c1-6-8-10-12-14-16-18-20-22-24-26-27-28-29-30-31-32-33-34-35-36-37-38-39-40-41-42-43-44-46-48-50-52-54-56-58-60-62-69(72)78-67(66-77-79(73,74)76-64-63-70(3,4)5)65-75-68(71)61-59-57-55-53-51-49-47-45-25-23-21-19-17-15-13-11-9-7-2/h8,10,14,16,20,22,26-27,29-30,32-33,35-36,67H,6-7,9,11-13,15,17-19,21,23-25,28,31,34,37-66H2,1-5H3/p+1/b10-8-,16-14-,22-20-,27-26-,30-29-,33-32-,36-35-. The highest BCUT2D eigenvalue weighted by atomic mass is 31.2. The summed E-state index contributed by atoms with van der Waals surface area (Å²) in [7, 11) is 1.48. The number of phosphoric acid groups is 1. The average molecular weight is 1130 g/mol. The lowest BCUT2D eigenvalue weighted by atomic mass is 10.0. The Hall–Kier alpha value is -2.81. The fourth-order valence-corrected chi connectivity index (χ4v) is 9.92. The Balaban J connectivity index is 4.03. The van der Waals surface area contributed by atoms with E-state index in [1.54, 1.807) is 0 Å². The lowest BCUT2D eigenvalue weighted by molar-refractivity contribution is -0.870. The first-order valence-electron chi connectivity index (χ1n) is 32.8. The topological polar surface area (TPSA) is 108 Å². The van der Waals surface area contributed by atoms with Crippen LogP contribution in [0.15, 0.2) is 85.1 Å². The molecule has 0 amide bonds. The smallest absolute Gasteiger partial charge is 0.462 e. The van der Waals surface area contributed by atoms with Crippen LogP contribution in [0, 0.1) is 0 Å². The fraction of sp³-hybridized carbons (Fsp3) is 0.768. The third kappa shape index (κ3) is 64.2. The van der Waals surface area contributed by atoms with Crippen LogP contribution in [0.1, 0.15) is 290 Å². The molecule has 1 N–H and O–H groups in total. The van der Waals surface area contributed by atoms with Gasteiger partial charge < -0.3 is 18.9 Å². The summed E-state index contributed by atoms with van der Waals surface area (Å²) < 4.78 is 34.7. The molecule has 0 saturated carbocycles. The van der Waals surface area contributed by atoms with Crippen LogP contribution in [0.5, 0.6) is 0 Å². The van der Waals surface area contributed by atoms with E-state index in [2.05, 4.69) is 98.9 Å². The molecule has 2 atom stereocenters. The van der Waals surface area contributed by atoms with Gasteiger partial charge in [0.15, 0.2) is 6.10 Å². The number of unbranched alkanes of at least 4 members (excludes halogenated alkanes) is 32. The predicted octanol–water partition coefficient (Wildman–Crippen LogP) is 21.0. The van der Waals surface area contributed by atoms with Crippen LogP contribution < -0.4 is 0 Å². The van der Waals surface area contributed by atoms with E-state index in [1.807, 2.05) is 21.1 Å². The number of likely N-dealkylation sites (N-methyl/N-ethyl adjacent to an activating group) is 1. The second kappa shape index (κ2) is 59.8. The molecule has 458 valence electrons. The highest BCUT2D eigenvalue weighted by Crippen LogP contribution is 2.43. The average Bonchev–Trinajstić information content (AvgIpc) is 3.41. The Morgan fingerprint density at radius 1 is 0.405 bits per heavy atom. The number of phosphoric ester groups is 1. The van der Waals surface area contributed by atoms with Gasteiger partial charge in [0.25, 0.3) is 0 Å². The van der Waals surface area contributed by atoms with Crippen molar-refractivity contribution in [3.63, 3.8) is 0 Å². The maximum absolute atomic E-state index is 12.9. The van der Waals surface area contributed by atoms with E-state index in [0.29, 0.717) is 23.9 Å². The number of hydrogen-bond acceptors (Lipinski definition) is 7. The van der Waals surface area contributed by atoms with Crippen molar-refractivity contribution in [2.75, 3.05) is 47.5 Å². The predicted molar refractivity (Wildman–Crippen MR) is 339 cm³/mol. The van der Waals surface area contributed by atoms with Crippen molar-refractivity contribution in [1.29, 1.82) is 0 Å². The minimum absolute atomic E-state index is 0.0315. The molecule has 0 aliphatic heterocycles. The van der Waals surface area contributed by atoms with Crippen molar-refractivity contribution in [3.8, 4) is 0 Å². The van der Waals surface area contributed by atoms with Crippen molar-refractivity contribution < 1.29 is 42.1 Å². The largest absolute Gasteiger partial charge is 0.472 e. The summed E-state index contributed by atoms with van der Waals surface area (Å²) in [6.07, 6.45) is 81.0. The Kier molecular flexibility index (Phi) is 57.7. The quantitative estimate of drug-likeness (QED) is 0.0211. The number of quaternary nitrogens is 1. The first-order chi connectivity index (χ1) is 38.5. The van der Waals surface area contributed by atoms with Crippen molar-refractivity contribution in [2.24, 2.45) is 0 Å². The lowest BCUT2D eigenvalue weighted by Gasteiger charge is -2.24. The Bertz CT molecular complexity index is 1610. The molecule has 10 heteroatoms. The molecule has 0 radical (unpaired) electrons. The summed E-state index contributed by atoms with van der Waals surface area (Å²) in [6.45, 7) is 4.36. The van der Waals surface area contributed by atoms with E-state index < -0.39 is 26.5 Å². The van der Waals surface area contributed by atoms with Gasteiger partial charge in [-0.05, 0) is 70.6 Å². The number of hydrogen-bond donors (Lipinski definition) is 1. The molecule has 0 aromatic heterocycles. The van der Waals surface area contributed by atoms with Gasteiger partial charge in [-0.2, -0.15) is 0 Å². The maximum atomic E-state index is 12.9. The van der Waals surface area contributed by atoms with E-state index in [-0.39, 0.29) is 25.6 Å². The molecule has 0 saturated heterocycles. The monoisotopic (exact) mass is 1130 g/mol. The second-order valence-corrected chi connectivity index (χ2v) is 24.6. The Morgan fingerprint density at radius 2 is 0.722 bits per heavy atom. The molecule has 0 bridgehead atoms. The molecule has 0 fully saturated rings. The Morgan fingerprint density at radius 3 is 1.08 bits per heavy atom. The van der Waals surface area contributed by atoms with Crippen molar-refractivity contribution >= 4 is 19.8 Å². The zero-order valence-electron chi connectivity index (χ0n) is 52.1. The van der Waals surface area contributed by atoms with Crippen molar-refractivity contribution in [2.45, 2.75) is 296 Å². The van der Waals surface area contributed by atoms with Gasteiger partial charge >= 0.3 is 19.8 Å². The van der Waals surface area contributed by atoms with Crippen LogP contribution in [0.25, 0.3) is 0 Å². The molecule has 0 aliphatic carbocycles. The van der Waals surface area contributed by atoms with E-state index in [4.69, 9.17) is 18.5 Å². The summed E-state index contributed by atoms with van der Waals surface area (Å²) in [5.41, 5.74) is 0. The van der Waals surface area contributed by atoms with Crippen LogP contribution in [0.3, 0.4) is 0 Å². The van der Waals surface area contributed by atoms with Gasteiger partial charge in [-0.25, -0.2) is 4.57 Å². The van der Waals surface area contributed by atoms with E-state index in [0.717, 1.165) is 77.0 Å². The molecular weight excluding hydrogens is 1000 g/mol. The minimum Gasteiger partial charge on any atom is -0.462 e. The summed E-state index contributed by atoms with van der Waals surface area (Å²) in [5, 5.41) is 0. The van der Waals surface area contributed by atoms with Crippen LogP contribution in [0.4, 0.5) is 0 Å². The zero-order valence-corrected chi connectivity index (χ0v) is 53.0. The molecule has 0 aromatic carbocycles.